The molecule has 1 aromatic rings. The van der Waals surface area contributed by atoms with Gasteiger partial charge < -0.3 is 4.90 Å². The van der Waals surface area contributed by atoms with E-state index in [9.17, 15) is 14.9 Å². The van der Waals surface area contributed by atoms with Gasteiger partial charge in [-0.25, -0.2) is 0 Å². The predicted octanol–water partition coefficient (Wildman–Crippen LogP) is 3.34. The lowest BCUT2D eigenvalue weighted by Gasteiger charge is -2.17. The number of nitro benzene ring substituents is 1. The van der Waals surface area contributed by atoms with Crippen LogP contribution in [0.4, 0.5) is 5.69 Å². The van der Waals surface area contributed by atoms with Crippen LogP contribution in [0.3, 0.4) is 0 Å². The summed E-state index contributed by atoms with van der Waals surface area (Å²) in [5, 5.41) is 11.1. The Balaban J connectivity index is 2.24. The van der Waals surface area contributed by atoms with Crippen LogP contribution in [-0.2, 0) is 0 Å². The van der Waals surface area contributed by atoms with Crippen LogP contribution in [0.25, 0.3) is 0 Å². The molecule has 0 spiro atoms. The van der Waals surface area contributed by atoms with Crippen molar-refractivity contribution in [2.45, 2.75) is 12.8 Å². The second-order valence-corrected chi connectivity index (χ2v) is 5.56. The molecule has 7 heteroatoms. The fraction of sp³-hybridized carbons (Fsp3) is 0.462. The summed E-state index contributed by atoms with van der Waals surface area (Å²) in [5.41, 5.74) is -0.269. The van der Waals surface area contributed by atoms with E-state index in [1.165, 1.54) is 18.2 Å². The number of carbonyl (C=O) groups excluding carboxylic acids is 1. The lowest BCUT2D eigenvalue weighted by Crippen LogP contribution is -2.29. The van der Waals surface area contributed by atoms with Crippen LogP contribution in [0.2, 0.25) is 5.02 Å². The fourth-order valence-electron chi connectivity index (χ4n) is 2.44. The van der Waals surface area contributed by atoms with Crippen molar-refractivity contribution >= 4 is 34.8 Å². The molecule has 108 valence electrons. The number of amides is 1. The van der Waals surface area contributed by atoms with Gasteiger partial charge >= 0.3 is 0 Å². The van der Waals surface area contributed by atoms with Gasteiger partial charge in [0.2, 0.25) is 0 Å². The van der Waals surface area contributed by atoms with Crippen LogP contribution in [0.1, 0.15) is 23.2 Å². The molecule has 1 saturated heterocycles. The zero-order chi connectivity index (χ0) is 14.7. The van der Waals surface area contributed by atoms with E-state index in [-0.39, 0.29) is 22.2 Å². The second kappa shape index (κ2) is 6.41. The molecule has 0 aliphatic carbocycles. The predicted molar refractivity (Wildman–Crippen MR) is 77.5 cm³/mol. The fourth-order valence-corrected chi connectivity index (χ4v) is 3.00. The monoisotopic (exact) mass is 316 g/mol. The number of hydrogen-bond acceptors (Lipinski definition) is 3. The molecule has 0 saturated carbocycles. The maximum Gasteiger partial charge on any atom is 0.283 e. The first-order valence-corrected chi connectivity index (χ1v) is 7.24. The molecule has 1 amide bonds. The van der Waals surface area contributed by atoms with Gasteiger partial charge in [-0.2, -0.15) is 0 Å². The number of likely N-dealkylation sites (tertiary alicyclic amines) is 1. The Morgan fingerprint density at radius 3 is 2.90 bits per heavy atom. The van der Waals surface area contributed by atoms with Crippen molar-refractivity contribution in [3.05, 3.63) is 38.9 Å². The molecule has 1 heterocycles. The number of nitro groups is 1. The van der Waals surface area contributed by atoms with Gasteiger partial charge in [0.05, 0.1) is 9.95 Å². The molecule has 5 nitrogen and oxygen atoms in total. The standard InChI is InChI=1S/C13H14Cl2N2O3/c14-6-4-9-5-7-16(8-9)13(18)12-10(15)2-1-3-11(12)17(19)20/h1-3,9H,4-8H2. The lowest BCUT2D eigenvalue weighted by molar-refractivity contribution is -0.385. The number of nitrogens with zero attached hydrogens (tertiary/aromatic N) is 2. The van der Waals surface area contributed by atoms with Crippen LogP contribution in [0, 0.1) is 16.0 Å². The topological polar surface area (TPSA) is 63.4 Å². The largest absolute Gasteiger partial charge is 0.338 e. The summed E-state index contributed by atoms with van der Waals surface area (Å²) in [6.45, 7) is 1.16. The Kier molecular flexibility index (Phi) is 4.83. The molecule has 1 aromatic carbocycles. The first-order valence-electron chi connectivity index (χ1n) is 6.32. The van der Waals surface area contributed by atoms with Gasteiger partial charge in [0.15, 0.2) is 0 Å². The van der Waals surface area contributed by atoms with Gasteiger partial charge in [-0.1, -0.05) is 17.7 Å². The van der Waals surface area contributed by atoms with Gasteiger partial charge in [-0.15, -0.1) is 11.6 Å². The summed E-state index contributed by atoms with van der Waals surface area (Å²) >= 11 is 11.7. The third kappa shape index (κ3) is 3.04. The summed E-state index contributed by atoms with van der Waals surface area (Å²) in [6, 6.07) is 4.26. The van der Waals surface area contributed by atoms with Gasteiger partial charge in [-0.05, 0) is 24.8 Å². The van der Waals surface area contributed by atoms with Crippen LogP contribution in [-0.4, -0.2) is 34.7 Å². The van der Waals surface area contributed by atoms with Crippen molar-refractivity contribution in [2.24, 2.45) is 5.92 Å². The molecule has 0 radical (unpaired) electrons. The molecule has 1 atom stereocenters. The van der Waals surface area contributed by atoms with E-state index >= 15 is 0 Å². The van der Waals surface area contributed by atoms with Gasteiger partial charge in [0, 0.05) is 25.0 Å². The van der Waals surface area contributed by atoms with Crippen LogP contribution < -0.4 is 0 Å². The van der Waals surface area contributed by atoms with Crippen molar-refractivity contribution in [1.29, 1.82) is 0 Å². The summed E-state index contributed by atoms with van der Waals surface area (Å²) in [5.74, 6) is 0.538. The third-order valence-corrected chi connectivity index (χ3v) is 4.03. The van der Waals surface area contributed by atoms with Crippen LogP contribution in [0.15, 0.2) is 18.2 Å². The van der Waals surface area contributed by atoms with E-state index in [0.29, 0.717) is 24.9 Å². The molecule has 20 heavy (non-hydrogen) atoms. The van der Waals surface area contributed by atoms with Crippen molar-refractivity contribution in [3.63, 3.8) is 0 Å². The molecule has 1 unspecified atom stereocenters. The average Bonchev–Trinajstić information content (AvgIpc) is 2.86. The highest BCUT2D eigenvalue weighted by atomic mass is 35.5. The molecule has 1 aliphatic heterocycles. The number of benzene rings is 1. The van der Waals surface area contributed by atoms with E-state index < -0.39 is 4.92 Å². The number of carbonyl (C=O) groups is 1. The molecule has 1 aliphatic rings. The van der Waals surface area contributed by atoms with Crippen molar-refractivity contribution in [3.8, 4) is 0 Å². The first kappa shape index (κ1) is 15.1. The molecule has 0 N–H and O–H groups in total. The van der Waals surface area contributed by atoms with E-state index in [0.717, 1.165) is 12.8 Å². The smallest absolute Gasteiger partial charge is 0.283 e. The summed E-state index contributed by atoms with van der Waals surface area (Å²) in [6.07, 6.45) is 1.71. The van der Waals surface area contributed by atoms with Crippen LogP contribution >= 0.6 is 23.2 Å². The molecule has 1 fully saturated rings. The highest BCUT2D eigenvalue weighted by molar-refractivity contribution is 6.34. The summed E-state index contributed by atoms with van der Waals surface area (Å²) < 4.78 is 0. The Morgan fingerprint density at radius 1 is 1.50 bits per heavy atom. The minimum atomic E-state index is -0.578. The Hall–Kier alpha value is -1.33. The second-order valence-electron chi connectivity index (χ2n) is 4.77. The van der Waals surface area contributed by atoms with E-state index in [1.54, 1.807) is 4.90 Å². The van der Waals surface area contributed by atoms with Crippen molar-refractivity contribution < 1.29 is 9.72 Å². The lowest BCUT2D eigenvalue weighted by atomic mass is 10.1. The minimum Gasteiger partial charge on any atom is -0.338 e. The molecular formula is C13H14Cl2N2O3. The number of halogens is 2. The van der Waals surface area contributed by atoms with Gasteiger partial charge in [0.25, 0.3) is 11.6 Å². The third-order valence-electron chi connectivity index (χ3n) is 3.49. The Labute approximate surface area is 126 Å². The molecule has 0 bridgehead atoms. The number of hydrogen-bond donors (Lipinski definition) is 0. The first-order chi connectivity index (χ1) is 9.54. The van der Waals surface area contributed by atoms with Crippen molar-refractivity contribution in [2.75, 3.05) is 19.0 Å². The summed E-state index contributed by atoms with van der Waals surface area (Å²) in [4.78, 5) is 24.5. The number of alkyl halides is 1. The van der Waals surface area contributed by atoms with E-state index in [2.05, 4.69) is 0 Å². The molecule has 0 aromatic heterocycles. The normalized spacial score (nSPS) is 18.3. The molecule has 2 rings (SSSR count). The van der Waals surface area contributed by atoms with E-state index in [4.69, 9.17) is 23.2 Å². The minimum absolute atomic E-state index is 0.0225. The zero-order valence-electron chi connectivity index (χ0n) is 10.7. The van der Waals surface area contributed by atoms with Gasteiger partial charge in [0.1, 0.15) is 5.56 Å². The maximum absolute atomic E-state index is 12.4. The zero-order valence-corrected chi connectivity index (χ0v) is 12.2. The quantitative estimate of drug-likeness (QED) is 0.486. The van der Waals surface area contributed by atoms with E-state index in [1.807, 2.05) is 0 Å². The molecular weight excluding hydrogens is 303 g/mol. The maximum atomic E-state index is 12.4. The van der Waals surface area contributed by atoms with Crippen LogP contribution in [0.5, 0.6) is 0 Å². The Bertz CT molecular complexity index is 536. The van der Waals surface area contributed by atoms with Gasteiger partial charge in [-0.3, -0.25) is 14.9 Å². The number of rotatable bonds is 4. The SMILES string of the molecule is O=C(c1c(Cl)cccc1[N+](=O)[O-])N1CCC(CCCl)C1. The van der Waals surface area contributed by atoms with Crippen molar-refractivity contribution in [1.82, 2.24) is 4.90 Å². The average molecular weight is 317 g/mol. The summed E-state index contributed by atoms with van der Waals surface area (Å²) in [7, 11) is 0. The highest BCUT2D eigenvalue weighted by Gasteiger charge is 2.31. The highest BCUT2D eigenvalue weighted by Crippen LogP contribution is 2.30. The Morgan fingerprint density at radius 2 is 2.25 bits per heavy atom.